The summed E-state index contributed by atoms with van der Waals surface area (Å²) in [6.07, 6.45) is 6.21. The van der Waals surface area contributed by atoms with E-state index in [1.54, 1.807) is 32.3 Å². The highest BCUT2D eigenvalue weighted by molar-refractivity contribution is 5.72. The molecule has 0 radical (unpaired) electrons. The van der Waals surface area contributed by atoms with Gasteiger partial charge in [0.25, 0.3) is 0 Å². The van der Waals surface area contributed by atoms with Crippen LogP contribution in [0.3, 0.4) is 0 Å². The number of aliphatic hydroxyl groups is 1. The van der Waals surface area contributed by atoms with Gasteiger partial charge in [-0.25, -0.2) is 9.66 Å². The van der Waals surface area contributed by atoms with Gasteiger partial charge in [0.15, 0.2) is 11.5 Å². The average Bonchev–Trinajstić information content (AvgIpc) is 3.49. The van der Waals surface area contributed by atoms with Gasteiger partial charge in [0.05, 0.1) is 50.3 Å². The second kappa shape index (κ2) is 14.7. The van der Waals surface area contributed by atoms with E-state index >= 15 is 0 Å². The average molecular weight is 513 g/mol. The first-order chi connectivity index (χ1) is 18.1. The molecule has 0 saturated heterocycles. The number of ether oxygens (including phenoxy) is 3. The molecule has 0 bridgehead atoms. The van der Waals surface area contributed by atoms with Crippen molar-refractivity contribution in [1.29, 1.82) is 0 Å². The highest BCUT2D eigenvalue weighted by Crippen LogP contribution is 2.39. The maximum Gasteiger partial charge on any atom is 0.203 e. The van der Waals surface area contributed by atoms with Gasteiger partial charge in [-0.15, -0.1) is 0 Å². The van der Waals surface area contributed by atoms with Crippen LogP contribution in [0.1, 0.15) is 38.1 Å². The molecule has 10 heteroatoms. The van der Waals surface area contributed by atoms with Crippen molar-refractivity contribution < 1.29 is 19.3 Å². The minimum Gasteiger partial charge on any atom is -0.493 e. The summed E-state index contributed by atoms with van der Waals surface area (Å²) in [5.41, 5.74) is 3.35. The molecule has 1 aliphatic carbocycles. The summed E-state index contributed by atoms with van der Waals surface area (Å²) in [5.74, 6) is 3.13. The van der Waals surface area contributed by atoms with Gasteiger partial charge in [-0.2, -0.15) is 5.10 Å². The Labute approximate surface area is 219 Å². The molecule has 0 atom stereocenters. The van der Waals surface area contributed by atoms with Crippen LogP contribution in [0.15, 0.2) is 48.5 Å². The van der Waals surface area contributed by atoms with Gasteiger partial charge in [0, 0.05) is 32.5 Å². The number of hydrogen-bond donors (Lipinski definition) is 3. The summed E-state index contributed by atoms with van der Waals surface area (Å²) in [6.45, 7) is 13.7. The number of nitrogens with one attached hydrogen (secondary N) is 2. The molecule has 0 aliphatic heterocycles. The van der Waals surface area contributed by atoms with Crippen LogP contribution in [0.25, 0.3) is 11.4 Å². The van der Waals surface area contributed by atoms with Crippen molar-refractivity contribution in [2.45, 2.75) is 33.2 Å². The molecule has 3 N–H and O–H groups in total. The Morgan fingerprint density at radius 1 is 1.11 bits per heavy atom. The molecule has 4 rings (SSSR count). The third-order valence-corrected chi connectivity index (χ3v) is 5.63. The molecule has 0 unspecified atom stereocenters. The van der Waals surface area contributed by atoms with Crippen molar-refractivity contribution >= 4 is 18.2 Å². The second-order valence-electron chi connectivity index (χ2n) is 7.89. The standard InChI is InChI=1S/C24H30N6O3.C2H6.CH4O/c1-16(20-9-8-18(30(20)25-2)13-26-12-17-6-7-17)28-23-14-29(15-27-23)19-10-21(31-3)24(33-5)22(11-19)32-4;2*1-2/h8-11,14-15,17,26,28H,1-2,6-7,12-13H2,3-5H3;1-2H3;2H,1H3. The predicted octanol–water partition coefficient (Wildman–Crippen LogP) is 4.38. The van der Waals surface area contributed by atoms with Gasteiger partial charge in [-0.1, -0.05) is 20.4 Å². The number of benzene rings is 1. The van der Waals surface area contributed by atoms with Gasteiger partial charge in [-0.3, -0.25) is 0 Å². The van der Waals surface area contributed by atoms with Crippen molar-refractivity contribution in [1.82, 2.24) is 19.5 Å². The van der Waals surface area contributed by atoms with Crippen LogP contribution < -0.4 is 24.8 Å². The minimum atomic E-state index is 0.538. The van der Waals surface area contributed by atoms with E-state index in [-0.39, 0.29) is 0 Å². The van der Waals surface area contributed by atoms with E-state index < -0.39 is 0 Å². The van der Waals surface area contributed by atoms with E-state index in [2.05, 4.69) is 34.0 Å². The zero-order valence-electron chi connectivity index (χ0n) is 22.7. The molecular weight excluding hydrogens is 472 g/mol. The van der Waals surface area contributed by atoms with E-state index in [0.717, 1.165) is 43.2 Å². The number of imidazole rings is 1. The zero-order valence-corrected chi connectivity index (χ0v) is 22.7. The second-order valence-corrected chi connectivity index (χ2v) is 7.89. The normalized spacial score (nSPS) is 11.9. The first-order valence-electron chi connectivity index (χ1n) is 12.2. The maximum absolute atomic E-state index is 7.00. The first-order valence-corrected chi connectivity index (χ1v) is 12.2. The highest BCUT2D eigenvalue weighted by Gasteiger charge is 2.21. The van der Waals surface area contributed by atoms with Crippen LogP contribution in [-0.2, 0) is 6.54 Å². The number of methoxy groups -OCH3 is 3. The molecule has 2 heterocycles. The minimum absolute atomic E-state index is 0.538. The van der Waals surface area contributed by atoms with Crippen molar-refractivity contribution in [2.75, 3.05) is 40.3 Å². The van der Waals surface area contributed by atoms with E-state index in [9.17, 15) is 0 Å². The van der Waals surface area contributed by atoms with E-state index in [0.29, 0.717) is 28.8 Å². The Kier molecular flexibility index (Phi) is 11.7. The molecule has 3 aromatic rings. The summed E-state index contributed by atoms with van der Waals surface area (Å²) in [7, 11) is 5.75. The molecule has 0 spiro atoms. The quantitative estimate of drug-likeness (QED) is 0.309. The van der Waals surface area contributed by atoms with E-state index in [1.165, 1.54) is 12.8 Å². The molecule has 1 aromatic carbocycles. The lowest BCUT2D eigenvalue weighted by Crippen LogP contribution is -2.18. The Bertz CT molecular complexity index is 1120. The maximum atomic E-state index is 7.00. The van der Waals surface area contributed by atoms with Crippen LogP contribution in [-0.4, -0.2) is 61.0 Å². The Hall–Kier alpha value is -3.76. The summed E-state index contributed by atoms with van der Waals surface area (Å²) in [4.78, 5) is 4.46. The number of rotatable bonds is 12. The van der Waals surface area contributed by atoms with Gasteiger partial charge in [0.2, 0.25) is 5.75 Å². The van der Waals surface area contributed by atoms with Crippen LogP contribution >= 0.6 is 0 Å². The van der Waals surface area contributed by atoms with E-state index in [4.69, 9.17) is 19.3 Å². The summed E-state index contributed by atoms with van der Waals surface area (Å²) in [5, 5.41) is 17.9. The number of hydrogen-bond acceptors (Lipinski definition) is 8. The first kappa shape index (κ1) is 29.5. The molecule has 10 nitrogen and oxygen atoms in total. The van der Waals surface area contributed by atoms with Crippen molar-refractivity contribution in [3.05, 3.63) is 54.8 Å². The smallest absolute Gasteiger partial charge is 0.203 e. The zero-order chi connectivity index (χ0) is 27.4. The Morgan fingerprint density at radius 2 is 1.76 bits per heavy atom. The fourth-order valence-electron chi connectivity index (χ4n) is 3.69. The molecule has 37 heavy (non-hydrogen) atoms. The molecule has 1 saturated carbocycles. The lowest BCUT2D eigenvalue weighted by Gasteiger charge is -2.14. The number of aliphatic hydroxyl groups excluding tert-OH is 1. The van der Waals surface area contributed by atoms with Crippen molar-refractivity contribution in [3.63, 3.8) is 0 Å². The fourth-order valence-corrected chi connectivity index (χ4v) is 3.69. The third kappa shape index (κ3) is 7.37. The largest absolute Gasteiger partial charge is 0.493 e. The van der Waals surface area contributed by atoms with Gasteiger partial charge in [0.1, 0.15) is 12.1 Å². The lowest BCUT2D eigenvalue weighted by molar-refractivity contribution is 0.324. The molecule has 202 valence electrons. The number of aromatic nitrogens is 3. The highest BCUT2D eigenvalue weighted by atomic mass is 16.5. The molecule has 1 fully saturated rings. The SMILES string of the molecule is C=Nn1c(CNCC2CC2)ccc1C(=C)Nc1cn(-c2cc(OC)c(OC)c(OC)c2)cn1.CC.CO. The number of nitrogens with zero attached hydrogens (tertiary/aromatic N) is 4. The van der Waals surface area contributed by atoms with Gasteiger partial charge >= 0.3 is 0 Å². The van der Waals surface area contributed by atoms with Gasteiger partial charge < -0.3 is 34.5 Å². The van der Waals surface area contributed by atoms with Crippen LogP contribution in [0.4, 0.5) is 5.82 Å². The molecule has 0 amide bonds. The summed E-state index contributed by atoms with van der Waals surface area (Å²) >= 11 is 0. The Morgan fingerprint density at radius 3 is 2.30 bits per heavy atom. The molecule has 2 aromatic heterocycles. The van der Waals surface area contributed by atoms with Gasteiger partial charge in [-0.05, 0) is 37.4 Å². The van der Waals surface area contributed by atoms with Crippen LogP contribution in [0.2, 0.25) is 0 Å². The van der Waals surface area contributed by atoms with E-state index in [1.807, 2.05) is 48.9 Å². The summed E-state index contributed by atoms with van der Waals surface area (Å²) in [6, 6.07) is 7.73. The Balaban J connectivity index is 0.00000115. The number of anilines is 1. The monoisotopic (exact) mass is 512 g/mol. The summed E-state index contributed by atoms with van der Waals surface area (Å²) < 4.78 is 20.0. The van der Waals surface area contributed by atoms with Crippen LogP contribution in [0.5, 0.6) is 17.2 Å². The molecular formula is C27H40N6O4. The molecule has 1 aliphatic rings. The van der Waals surface area contributed by atoms with Crippen molar-refractivity contribution in [2.24, 2.45) is 11.0 Å². The lowest BCUT2D eigenvalue weighted by atomic mass is 10.2. The van der Waals surface area contributed by atoms with Crippen LogP contribution in [0, 0.1) is 5.92 Å². The topological polar surface area (TPSA) is 107 Å². The van der Waals surface area contributed by atoms with Crippen molar-refractivity contribution in [3.8, 4) is 22.9 Å². The fraction of sp³-hybridized carbons (Fsp3) is 0.407. The predicted molar refractivity (Wildman–Crippen MR) is 149 cm³/mol. The third-order valence-electron chi connectivity index (χ3n) is 5.63.